The highest BCUT2D eigenvalue weighted by atomic mass is 32.2. The van der Waals surface area contributed by atoms with Crippen molar-refractivity contribution in [1.82, 2.24) is 4.72 Å². The molecule has 5 nitrogen and oxygen atoms in total. The molecule has 0 aliphatic heterocycles. The maximum atomic E-state index is 12.3. The molecule has 0 spiro atoms. The number of aliphatic hydroxyl groups is 1. The molecule has 0 heterocycles. The first kappa shape index (κ1) is 15.3. The van der Waals surface area contributed by atoms with E-state index in [-0.39, 0.29) is 17.9 Å². The van der Waals surface area contributed by atoms with Gasteiger partial charge >= 0.3 is 0 Å². The molecule has 2 N–H and O–H groups in total. The first-order valence-electron chi connectivity index (χ1n) is 6.75. The lowest BCUT2D eigenvalue weighted by molar-refractivity contribution is 0.298. The van der Waals surface area contributed by atoms with E-state index in [0.717, 1.165) is 6.42 Å². The fourth-order valence-electron chi connectivity index (χ4n) is 2.24. The Hall–Kier alpha value is -1.11. The van der Waals surface area contributed by atoms with Crippen LogP contribution in [-0.4, -0.2) is 33.8 Å². The van der Waals surface area contributed by atoms with Crippen LogP contribution in [0.1, 0.15) is 18.9 Å². The SMILES string of the molecule is COc1ccc(S(=O)(=O)NCC2CC2C)c(CCO)c1. The molecule has 0 saturated heterocycles. The zero-order chi connectivity index (χ0) is 14.8. The summed E-state index contributed by atoms with van der Waals surface area (Å²) in [5, 5.41) is 9.08. The second-order valence-electron chi connectivity index (χ2n) is 5.27. The molecule has 2 atom stereocenters. The van der Waals surface area contributed by atoms with Gasteiger partial charge in [-0.25, -0.2) is 13.1 Å². The molecule has 2 unspecified atom stereocenters. The van der Waals surface area contributed by atoms with E-state index >= 15 is 0 Å². The van der Waals surface area contributed by atoms with Crippen LogP contribution in [0.3, 0.4) is 0 Å². The van der Waals surface area contributed by atoms with Crippen molar-refractivity contribution < 1.29 is 18.3 Å². The fraction of sp³-hybridized carbons (Fsp3) is 0.571. The van der Waals surface area contributed by atoms with E-state index in [2.05, 4.69) is 11.6 Å². The van der Waals surface area contributed by atoms with Crippen LogP contribution < -0.4 is 9.46 Å². The third-order valence-corrected chi connectivity index (χ3v) is 5.27. The topological polar surface area (TPSA) is 75.6 Å². The predicted molar refractivity (Wildman–Crippen MR) is 76.2 cm³/mol. The zero-order valence-electron chi connectivity index (χ0n) is 11.8. The zero-order valence-corrected chi connectivity index (χ0v) is 12.6. The van der Waals surface area contributed by atoms with Gasteiger partial charge in [0.1, 0.15) is 5.75 Å². The highest BCUT2D eigenvalue weighted by Crippen LogP contribution is 2.37. The van der Waals surface area contributed by atoms with Crippen molar-refractivity contribution >= 4 is 10.0 Å². The summed E-state index contributed by atoms with van der Waals surface area (Å²) >= 11 is 0. The van der Waals surface area contributed by atoms with Crippen molar-refractivity contribution in [3.8, 4) is 5.75 Å². The largest absolute Gasteiger partial charge is 0.497 e. The van der Waals surface area contributed by atoms with Crippen molar-refractivity contribution in [1.29, 1.82) is 0 Å². The number of benzene rings is 1. The van der Waals surface area contributed by atoms with Gasteiger partial charge in [0, 0.05) is 13.2 Å². The standard InChI is InChI=1S/C14H21NO4S/c1-10-7-12(10)9-15-20(17,18)14-4-3-13(19-2)8-11(14)5-6-16/h3-4,8,10,12,15-16H,5-7,9H2,1-2H3. The van der Waals surface area contributed by atoms with Gasteiger partial charge in [0.15, 0.2) is 0 Å². The third-order valence-electron chi connectivity index (χ3n) is 3.75. The summed E-state index contributed by atoms with van der Waals surface area (Å²) in [7, 11) is -2.01. The van der Waals surface area contributed by atoms with Crippen LogP contribution in [-0.2, 0) is 16.4 Å². The average molecular weight is 299 g/mol. The Labute approximate surface area is 120 Å². The van der Waals surface area contributed by atoms with Crippen molar-refractivity contribution in [3.63, 3.8) is 0 Å². The second-order valence-corrected chi connectivity index (χ2v) is 7.01. The Morgan fingerprint density at radius 3 is 2.70 bits per heavy atom. The number of methoxy groups -OCH3 is 1. The predicted octanol–water partition coefficient (Wildman–Crippen LogP) is 1.16. The molecule has 1 aromatic rings. The van der Waals surface area contributed by atoms with E-state index in [0.29, 0.717) is 29.7 Å². The molecule has 0 radical (unpaired) electrons. The van der Waals surface area contributed by atoms with E-state index in [9.17, 15) is 8.42 Å². The van der Waals surface area contributed by atoms with Gasteiger partial charge in [-0.1, -0.05) is 6.92 Å². The van der Waals surface area contributed by atoms with Gasteiger partial charge in [0.05, 0.1) is 12.0 Å². The van der Waals surface area contributed by atoms with E-state index < -0.39 is 10.0 Å². The molecule has 1 aliphatic carbocycles. The highest BCUT2D eigenvalue weighted by molar-refractivity contribution is 7.89. The van der Waals surface area contributed by atoms with Gasteiger partial charge in [-0.05, 0) is 48.4 Å². The fourth-order valence-corrected chi connectivity index (χ4v) is 3.58. The maximum absolute atomic E-state index is 12.3. The van der Waals surface area contributed by atoms with Crippen LogP contribution in [0.15, 0.2) is 23.1 Å². The van der Waals surface area contributed by atoms with Crippen molar-refractivity contribution in [2.24, 2.45) is 11.8 Å². The number of rotatable bonds is 7. The van der Waals surface area contributed by atoms with Gasteiger partial charge < -0.3 is 9.84 Å². The molecule has 1 aromatic carbocycles. The van der Waals surface area contributed by atoms with Gasteiger partial charge in [0.2, 0.25) is 10.0 Å². The van der Waals surface area contributed by atoms with E-state index in [1.165, 1.54) is 13.2 Å². The van der Waals surface area contributed by atoms with Gasteiger partial charge in [-0.2, -0.15) is 0 Å². The smallest absolute Gasteiger partial charge is 0.240 e. The molecule has 0 bridgehead atoms. The van der Waals surface area contributed by atoms with Crippen LogP contribution >= 0.6 is 0 Å². The molecular weight excluding hydrogens is 278 g/mol. The van der Waals surface area contributed by atoms with Crippen molar-refractivity contribution in [3.05, 3.63) is 23.8 Å². The van der Waals surface area contributed by atoms with Crippen LogP contribution in [0.25, 0.3) is 0 Å². The highest BCUT2D eigenvalue weighted by Gasteiger charge is 2.33. The number of ether oxygens (including phenoxy) is 1. The summed E-state index contributed by atoms with van der Waals surface area (Å²) in [5.74, 6) is 1.64. The molecule has 6 heteroatoms. The first-order valence-corrected chi connectivity index (χ1v) is 8.23. The lowest BCUT2D eigenvalue weighted by Crippen LogP contribution is -2.27. The molecule has 2 rings (SSSR count). The number of nitrogens with one attached hydrogen (secondary N) is 1. The quantitative estimate of drug-likeness (QED) is 0.792. The summed E-state index contributed by atoms with van der Waals surface area (Å²) in [6.45, 7) is 2.49. The number of hydrogen-bond donors (Lipinski definition) is 2. The van der Waals surface area contributed by atoms with Gasteiger partial charge in [0.25, 0.3) is 0 Å². The second kappa shape index (κ2) is 6.11. The Morgan fingerprint density at radius 1 is 1.45 bits per heavy atom. The Kier molecular flexibility index (Phi) is 4.67. The molecule has 20 heavy (non-hydrogen) atoms. The Balaban J connectivity index is 2.20. The number of hydrogen-bond acceptors (Lipinski definition) is 4. The number of sulfonamides is 1. The minimum absolute atomic E-state index is 0.102. The van der Waals surface area contributed by atoms with Crippen LogP contribution in [0.4, 0.5) is 0 Å². The van der Waals surface area contributed by atoms with Crippen molar-refractivity contribution in [2.45, 2.75) is 24.7 Å². The van der Waals surface area contributed by atoms with E-state index in [1.807, 2.05) is 0 Å². The summed E-state index contributed by atoms with van der Waals surface area (Å²) in [5.41, 5.74) is 0.572. The normalized spacial score (nSPS) is 21.8. The van der Waals surface area contributed by atoms with Crippen LogP contribution in [0.2, 0.25) is 0 Å². The first-order chi connectivity index (χ1) is 9.47. The molecule has 112 valence electrons. The minimum Gasteiger partial charge on any atom is -0.497 e. The number of aliphatic hydroxyl groups excluding tert-OH is 1. The average Bonchev–Trinajstić information content (AvgIpc) is 3.13. The molecule has 0 amide bonds. The molecule has 1 aliphatic rings. The summed E-state index contributed by atoms with van der Waals surface area (Å²) < 4.78 is 32.4. The third kappa shape index (κ3) is 3.50. The lowest BCUT2D eigenvalue weighted by atomic mass is 10.1. The summed E-state index contributed by atoms with van der Waals surface area (Å²) in [4.78, 5) is 0.223. The Bertz CT molecular complexity index is 571. The Morgan fingerprint density at radius 2 is 2.15 bits per heavy atom. The molecule has 1 fully saturated rings. The maximum Gasteiger partial charge on any atom is 0.240 e. The summed E-state index contributed by atoms with van der Waals surface area (Å²) in [6, 6.07) is 4.81. The van der Waals surface area contributed by atoms with E-state index in [4.69, 9.17) is 9.84 Å². The summed E-state index contributed by atoms with van der Waals surface area (Å²) in [6.07, 6.45) is 1.36. The van der Waals surface area contributed by atoms with Crippen LogP contribution in [0, 0.1) is 11.8 Å². The monoisotopic (exact) mass is 299 g/mol. The minimum atomic E-state index is -3.53. The molecular formula is C14H21NO4S. The van der Waals surface area contributed by atoms with Crippen LogP contribution in [0.5, 0.6) is 5.75 Å². The van der Waals surface area contributed by atoms with Gasteiger partial charge in [-0.15, -0.1) is 0 Å². The molecule has 0 aromatic heterocycles. The lowest BCUT2D eigenvalue weighted by Gasteiger charge is -2.12. The van der Waals surface area contributed by atoms with E-state index in [1.54, 1.807) is 12.1 Å². The van der Waals surface area contributed by atoms with Gasteiger partial charge in [-0.3, -0.25) is 0 Å². The van der Waals surface area contributed by atoms with Crippen molar-refractivity contribution in [2.75, 3.05) is 20.3 Å². The molecule has 1 saturated carbocycles.